The third-order valence-corrected chi connectivity index (χ3v) is 5.17. The minimum Gasteiger partial charge on any atom is -0.378 e. The minimum absolute atomic E-state index is 0.108. The number of carbonyl (C=O) groups excluding carboxylic acids is 1. The third-order valence-electron chi connectivity index (χ3n) is 5.17. The van der Waals surface area contributed by atoms with E-state index in [1.807, 2.05) is 6.92 Å². The summed E-state index contributed by atoms with van der Waals surface area (Å²) in [6.07, 6.45) is 6.23. The lowest BCUT2D eigenvalue weighted by atomic mass is 9.93. The van der Waals surface area contributed by atoms with Gasteiger partial charge in [-0.15, -0.1) is 0 Å². The Bertz CT molecular complexity index is 326. The van der Waals surface area contributed by atoms with E-state index < -0.39 is 0 Å². The molecule has 4 heteroatoms. The van der Waals surface area contributed by atoms with E-state index in [9.17, 15) is 4.79 Å². The molecule has 1 amide bonds. The molecule has 2 heterocycles. The Morgan fingerprint density at radius 1 is 1.26 bits per heavy atom. The molecule has 3 rings (SSSR count). The predicted molar refractivity (Wildman–Crippen MR) is 73.8 cm³/mol. The molecule has 0 spiro atoms. The number of nitrogens with one attached hydrogen (secondary N) is 1. The van der Waals surface area contributed by atoms with Crippen molar-refractivity contribution in [3.63, 3.8) is 0 Å². The van der Waals surface area contributed by atoms with Crippen molar-refractivity contribution in [2.75, 3.05) is 26.2 Å². The van der Waals surface area contributed by atoms with Crippen LogP contribution in [0.2, 0.25) is 0 Å². The topological polar surface area (TPSA) is 41.6 Å². The Hall–Kier alpha value is -0.610. The first-order chi connectivity index (χ1) is 9.29. The van der Waals surface area contributed by atoms with E-state index >= 15 is 0 Å². The molecule has 2 saturated heterocycles. The summed E-state index contributed by atoms with van der Waals surface area (Å²) in [6, 6.07) is 0.108. The largest absolute Gasteiger partial charge is 0.378 e. The quantitative estimate of drug-likeness (QED) is 0.839. The van der Waals surface area contributed by atoms with E-state index in [4.69, 9.17) is 4.74 Å². The van der Waals surface area contributed by atoms with Crippen LogP contribution in [0.25, 0.3) is 0 Å². The Balaban J connectivity index is 1.54. The number of ether oxygens (including phenoxy) is 1. The average molecular weight is 266 g/mol. The van der Waals surface area contributed by atoms with Crippen molar-refractivity contribution in [3.05, 3.63) is 0 Å². The number of hydrogen-bond donors (Lipinski definition) is 1. The van der Waals surface area contributed by atoms with Crippen LogP contribution in [0.5, 0.6) is 0 Å². The number of piperidine rings is 1. The van der Waals surface area contributed by atoms with E-state index in [-0.39, 0.29) is 6.04 Å². The number of likely N-dealkylation sites (tertiary alicyclic amines) is 1. The average Bonchev–Trinajstić information content (AvgIpc) is 3.01. The lowest BCUT2D eigenvalue weighted by molar-refractivity contribution is -0.136. The van der Waals surface area contributed by atoms with Crippen LogP contribution in [0.15, 0.2) is 0 Å². The number of carbonyl (C=O) groups is 1. The molecule has 3 aliphatic rings. The molecule has 3 unspecified atom stereocenters. The van der Waals surface area contributed by atoms with Crippen molar-refractivity contribution < 1.29 is 9.53 Å². The van der Waals surface area contributed by atoms with E-state index in [1.165, 1.54) is 19.3 Å². The van der Waals surface area contributed by atoms with Crippen LogP contribution in [0, 0.1) is 11.8 Å². The second-order valence-corrected chi connectivity index (χ2v) is 6.22. The maximum absolute atomic E-state index is 12.6. The van der Waals surface area contributed by atoms with E-state index in [0.29, 0.717) is 17.9 Å². The summed E-state index contributed by atoms with van der Waals surface area (Å²) in [5.41, 5.74) is 0. The molecule has 0 aromatic rings. The fraction of sp³-hybridized carbons (Fsp3) is 0.933. The predicted octanol–water partition coefficient (Wildman–Crippen LogP) is 1.40. The van der Waals surface area contributed by atoms with Crippen LogP contribution in [0.1, 0.15) is 39.0 Å². The Morgan fingerprint density at radius 2 is 2.05 bits per heavy atom. The molecule has 3 fully saturated rings. The van der Waals surface area contributed by atoms with Gasteiger partial charge in [0.1, 0.15) is 0 Å². The first kappa shape index (κ1) is 13.4. The Kier molecular flexibility index (Phi) is 4.08. The maximum Gasteiger partial charge on any atom is 0.240 e. The molecule has 108 valence electrons. The van der Waals surface area contributed by atoms with E-state index in [0.717, 1.165) is 45.0 Å². The van der Waals surface area contributed by atoms with Crippen molar-refractivity contribution >= 4 is 5.91 Å². The van der Waals surface area contributed by atoms with Crippen LogP contribution >= 0.6 is 0 Å². The van der Waals surface area contributed by atoms with E-state index in [2.05, 4.69) is 10.2 Å². The molecular formula is C15H26N2O2. The Labute approximate surface area is 115 Å². The van der Waals surface area contributed by atoms with Gasteiger partial charge in [0.15, 0.2) is 0 Å². The van der Waals surface area contributed by atoms with Crippen molar-refractivity contribution in [1.82, 2.24) is 10.2 Å². The zero-order chi connectivity index (χ0) is 13.2. The zero-order valence-electron chi connectivity index (χ0n) is 11.9. The standard InChI is InChI=1S/C15H26N2O2/c1-2-19-12-6-8-17(9-7-12)15(18)14-13-5-3-4-11(13)10-16-14/h11-14,16H,2-10H2,1H3. The molecule has 0 aromatic carbocycles. The summed E-state index contributed by atoms with van der Waals surface area (Å²) >= 11 is 0. The molecule has 19 heavy (non-hydrogen) atoms. The van der Waals surface area contributed by atoms with Crippen molar-refractivity contribution in [2.24, 2.45) is 11.8 Å². The molecule has 0 bridgehead atoms. The molecule has 4 nitrogen and oxygen atoms in total. The highest BCUT2D eigenvalue weighted by atomic mass is 16.5. The number of rotatable bonds is 3. The smallest absolute Gasteiger partial charge is 0.240 e. The molecule has 3 atom stereocenters. The van der Waals surface area contributed by atoms with Gasteiger partial charge in [-0.3, -0.25) is 4.79 Å². The van der Waals surface area contributed by atoms with Gasteiger partial charge in [-0.2, -0.15) is 0 Å². The van der Waals surface area contributed by atoms with Gasteiger partial charge in [-0.25, -0.2) is 0 Å². The molecular weight excluding hydrogens is 240 g/mol. The number of hydrogen-bond acceptors (Lipinski definition) is 3. The molecule has 1 saturated carbocycles. The summed E-state index contributed by atoms with van der Waals surface area (Å²) < 4.78 is 5.65. The normalized spacial score (nSPS) is 35.6. The van der Waals surface area contributed by atoms with Gasteiger partial charge >= 0.3 is 0 Å². The zero-order valence-corrected chi connectivity index (χ0v) is 11.9. The van der Waals surface area contributed by atoms with Gasteiger partial charge in [0.05, 0.1) is 12.1 Å². The minimum atomic E-state index is 0.108. The van der Waals surface area contributed by atoms with Crippen LogP contribution in [0.4, 0.5) is 0 Å². The van der Waals surface area contributed by atoms with Crippen LogP contribution in [0.3, 0.4) is 0 Å². The van der Waals surface area contributed by atoms with Gasteiger partial charge < -0.3 is 15.0 Å². The highest BCUT2D eigenvalue weighted by Crippen LogP contribution is 2.38. The van der Waals surface area contributed by atoms with Gasteiger partial charge in [0.2, 0.25) is 5.91 Å². The molecule has 1 N–H and O–H groups in total. The first-order valence-corrected chi connectivity index (χ1v) is 7.93. The third kappa shape index (κ3) is 2.65. The fourth-order valence-corrected chi connectivity index (χ4v) is 4.13. The highest BCUT2D eigenvalue weighted by Gasteiger charge is 2.44. The van der Waals surface area contributed by atoms with Crippen molar-refractivity contribution in [2.45, 2.75) is 51.2 Å². The highest BCUT2D eigenvalue weighted by molar-refractivity contribution is 5.82. The van der Waals surface area contributed by atoms with Gasteiger partial charge in [0.25, 0.3) is 0 Å². The van der Waals surface area contributed by atoms with Crippen molar-refractivity contribution in [3.8, 4) is 0 Å². The lowest BCUT2D eigenvalue weighted by Crippen LogP contribution is -2.50. The van der Waals surface area contributed by atoms with E-state index in [1.54, 1.807) is 0 Å². The summed E-state index contributed by atoms with van der Waals surface area (Å²) in [7, 11) is 0. The molecule has 1 aliphatic carbocycles. The lowest BCUT2D eigenvalue weighted by Gasteiger charge is -2.34. The molecule has 0 aromatic heterocycles. The number of amides is 1. The van der Waals surface area contributed by atoms with Crippen LogP contribution in [-0.2, 0) is 9.53 Å². The maximum atomic E-state index is 12.6. The monoisotopic (exact) mass is 266 g/mol. The first-order valence-electron chi connectivity index (χ1n) is 7.93. The van der Waals surface area contributed by atoms with Crippen LogP contribution < -0.4 is 5.32 Å². The number of fused-ring (bicyclic) bond motifs is 1. The molecule has 2 aliphatic heterocycles. The SMILES string of the molecule is CCOC1CCN(C(=O)C2NCC3CCCC32)CC1. The second-order valence-electron chi connectivity index (χ2n) is 6.22. The van der Waals surface area contributed by atoms with Gasteiger partial charge in [0, 0.05) is 19.7 Å². The summed E-state index contributed by atoms with van der Waals surface area (Å²) in [6.45, 7) is 5.63. The van der Waals surface area contributed by atoms with Crippen molar-refractivity contribution in [1.29, 1.82) is 0 Å². The van der Waals surface area contributed by atoms with Crippen LogP contribution in [-0.4, -0.2) is 49.2 Å². The second kappa shape index (κ2) is 5.80. The summed E-state index contributed by atoms with van der Waals surface area (Å²) in [5.74, 6) is 1.72. The summed E-state index contributed by atoms with van der Waals surface area (Å²) in [4.78, 5) is 14.7. The number of nitrogens with zero attached hydrogens (tertiary/aromatic N) is 1. The Morgan fingerprint density at radius 3 is 2.79 bits per heavy atom. The van der Waals surface area contributed by atoms with Gasteiger partial charge in [-0.05, 0) is 51.0 Å². The fourth-order valence-electron chi connectivity index (χ4n) is 4.13. The molecule has 0 radical (unpaired) electrons. The summed E-state index contributed by atoms with van der Waals surface area (Å²) in [5, 5.41) is 3.47. The van der Waals surface area contributed by atoms with Gasteiger partial charge in [-0.1, -0.05) is 6.42 Å².